The minimum atomic E-state index is -0.599. The highest BCUT2D eigenvalue weighted by Gasteiger charge is 2.35. The minimum Gasteiger partial charge on any atom is -0.483 e. The van der Waals surface area contributed by atoms with Gasteiger partial charge in [-0.1, -0.05) is 54.1 Å². The number of rotatable bonds is 8. The molecule has 10 heteroatoms. The Morgan fingerprint density at radius 1 is 1.19 bits per heavy atom. The van der Waals surface area contributed by atoms with Crippen molar-refractivity contribution >= 4 is 39.3 Å². The Hall–Kier alpha value is -3.43. The molecule has 2 aromatic carbocycles. The molecule has 0 saturated carbocycles. The maximum atomic E-state index is 13.8. The van der Waals surface area contributed by atoms with Crippen molar-refractivity contribution in [2.24, 2.45) is 0 Å². The number of ether oxygens (including phenoxy) is 1. The van der Waals surface area contributed by atoms with Gasteiger partial charge in [0.1, 0.15) is 18.1 Å². The van der Waals surface area contributed by atoms with Gasteiger partial charge in [0.05, 0.1) is 9.50 Å². The number of benzene rings is 2. The van der Waals surface area contributed by atoms with E-state index in [-0.39, 0.29) is 59.4 Å². The second-order valence-corrected chi connectivity index (χ2v) is 9.75. The number of nitrogens with zero attached hydrogens (tertiary/aromatic N) is 3. The van der Waals surface area contributed by atoms with Gasteiger partial charge in [-0.2, -0.15) is 0 Å². The first-order valence-electron chi connectivity index (χ1n) is 11.5. The third-order valence-electron chi connectivity index (χ3n) is 5.99. The van der Waals surface area contributed by atoms with Crippen molar-refractivity contribution in [1.29, 1.82) is 0 Å². The molecule has 0 atom stereocenters. The molecule has 1 aliphatic heterocycles. The lowest BCUT2D eigenvalue weighted by Crippen LogP contribution is -2.44. The van der Waals surface area contributed by atoms with Crippen LogP contribution < -0.4 is 10.2 Å². The lowest BCUT2D eigenvalue weighted by molar-refractivity contribution is 0.0671. The van der Waals surface area contributed by atoms with Crippen molar-refractivity contribution in [2.45, 2.75) is 19.7 Å². The van der Waals surface area contributed by atoms with E-state index in [1.165, 1.54) is 26.5 Å². The molecular weight excluding hydrogens is 565 g/mol. The van der Waals surface area contributed by atoms with Gasteiger partial charge in [-0.25, -0.2) is 4.39 Å². The van der Waals surface area contributed by atoms with Gasteiger partial charge in [0, 0.05) is 33.2 Å². The van der Waals surface area contributed by atoms with Crippen LogP contribution in [0, 0.1) is 5.82 Å². The van der Waals surface area contributed by atoms with E-state index in [9.17, 15) is 18.8 Å². The van der Waals surface area contributed by atoms with E-state index in [2.05, 4.69) is 22.5 Å². The summed E-state index contributed by atoms with van der Waals surface area (Å²) < 4.78 is 21.1. The summed E-state index contributed by atoms with van der Waals surface area (Å²) in [7, 11) is 1.59. The Bertz CT molecular complexity index is 1430. The summed E-state index contributed by atoms with van der Waals surface area (Å²) in [6.07, 6.45) is 1.57. The fourth-order valence-corrected chi connectivity index (χ4v) is 4.88. The van der Waals surface area contributed by atoms with Gasteiger partial charge in [-0.3, -0.25) is 14.4 Å². The first-order valence-corrected chi connectivity index (χ1v) is 12.6. The smallest absolute Gasteiger partial charge is 0.274 e. The maximum Gasteiger partial charge on any atom is 0.274 e. The van der Waals surface area contributed by atoms with Crippen molar-refractivity contribution in [2.75, 3.05) is 20.1 Å². The van der Waals surface area contributed by atoms with Crippen LogP contribution >= 0.6 is 27.5 Å². The van der Waals surface area contributed by atoms with E-state index in [4.69, 9.17) is 16.3 Å². The van der Waals surface area contributed by atoms with Crippen molar-refractivity contribution in [3.8, 4) is 5.75 Å². The van der Waals surface area contributed by atoms with Crippen LogP contribution in [-0.4, -0.2) is 46.3 Å². The highest BCUT2D eigenvalue weighted by Crippen LogP contribution is 2.29. The van der Waals surface area contributed by atoms with Crippen LogP contribution in [0.2, 0.25) is 5.02 Å². The summed E-state index contributed by atoms with van der Waals surface area (Å²) in [5, 5.41) is -0.0486. The fraction of sp³-hybridized carbons (Fsp3) is 0.222. The molecule has 0 fully saturated rings. The fourth-order valence-electron chi connectivity index (χ4n) is 4.12. The largest absolute Gasteiger partial charge is 0.483 e. The van der Waals surface area contributed by atoms with Crippen molar-refractivity contribution in [3.63, 3.8) is 0 Å². The molecule has 0 radical (unpaired) electrons. The predicted octanol–water partition coefficient (Wildman–Crippen LogP) is 4.90. The molecule has 3 aromatic rings. The van der Waals surface area contributed by atoms with Crippen LogP contribution in [0.25, 0.3) is 0 Å². The molecule has 37 heavy (non-hydrogen) atoms. The molecule has 0 unspecified atom stereocenters. The topological polar surface area (TPSA) is 71.8 Å². The van der Waals surface area contributed by atoms with Crippen LogP contribution in [-0.2, 0) is 19.7 Å². The zero-order valence-electron chi connectivity index (χ0n) is 20.0. The van der Waals surface area contributed by atoms with Crippen LogP contribution in [0.5, 0.6) is 5.75 Å². The number of halogens is 3. The average Bonchev–Trinajstić information content (AvgIpc) is 2.89. The third-order valence-corrected chi connectivity index (χ3v) is 7.01. The van der Waals surface area contributed by atoms with Crippen molar-refractivity contribution in [3.05, 3.63) is 109 Å². The van der Waals surface area contributed by atoms with E-state index in [1.807, 2.05) is 30.3 Å². The summed E-state index contributed by atoms with van der Waals surface area (Å²) in [6.45, 7) is 4.59. The molecular formula is C27H24BrClFN3O4. The SMILES string of the molecule is C=CCN(C)C(=O)c1c(Br)c(=O)c(OCc2ccccc2)c2n1CCN(Cc1ccc(F)c(Cl)c1)C2=O. The number of carbonyl (C=O) groups excluding carboxylic acids is 2. The zero-order chi connectivity index (χ0) is 26.7. The first-order chi connectivity index (χ1) is 17.7. The van der Waals surface area contributed by atoms with Gasteiger partial charge in [-0.05, 0) is 39.2 Å². The quantitative estimate of drug-likeness (QED) is 0.351. The lowest BCUT2D eigenvalue weighted by atomic mass is 10.1. The van der Waals surface area contributed by atoms with Crippen molar-refractivity contribution < 1.29 is 18.7 Å². The monoisotopic (exact) mass is 587 g/mol. The minimum absolute atomic E-state index is 0.0149. The molecule has 0 aliphatic carbocycles. The maximum absolute atomic E-state index is 13.8. The number of fused-ring (bicyclic) bond motifs is 1. The van der Waals surface area contributed by atoms with E-state index in [0.717, 1.165) is 5.56 Å². The van der Waals surface area contributed by atoms with E-state index in [0.29, 0.717) is 5.56 Å². The molecule has 0 saturated heterocycles. The predicted molar refractivity (Wildman–Crippen MR) is 142 cm³/mol. The number of hydrogen-bond donors (Lipinski definition) is 0. The van der Waals surface area contributed by atoms with Gasteiger partial charge in [-0.15, -0.1) is 6.58 Å². The van der Waals surface area contributed by atoms with E-state index >= 15 is 0 Å². The second-order valence-electron chi connectivity index (χ2n) is 8.54. The number of carbonyl (C=O) groups is 2. The standard InChI is InChI=1S/C27H24BrClFN3O4/c1-3-11-31(2)26(35)22-21(28)24(34)25(37-16-17-7-5-4-6-8-17)23-27(36)32(12-13-33(22)23)15-18-9-10-20(30)19(29)14-18/h3-10,14H,1,11-13,15-16H2,2H3. The molecule has 2 heterocycles. The lowest BCUT2D eigenvalue weighted by Gasteiger charge is -2.33. The Balaban J connectivity index is 1.79. The average molecular weight is 589 g/mol. The summed E-state index contributed by atoms with van der Waals surface area (Å²) in [5.41, 5.74) is 0.885. The Labute approximate surface area is 226 Å². The third kappa shape index (κ3) is 5.47. The molecule has 0 bridgehead atoms. The molecule has 0 N–H and O–H groups in total. The molecule has 1 aliphatic rings. The first kappa shape index (κ1) is 26.6. The second kappa shape index (κ2) is 11.3. The molecule has 2 amide bonds. The molecule has 7 nitrogen and oxygen atoms in total. The number of likely N-dealkylation sites (N-methyl/N-ethyl adjacent to an activating group) is 1. The van der Waals surface area contributed by atoms with E-state index in [1.54, 1.807) is 19.2 Å². The molecule has 4 rings (SSSR count). The van der Waals surface area contributed by atoms with Crippen LogP contribution in [0.3, 0.4) is 0 Å². The van der Waals surface area contributed by atoms with Gasteiger partial charge >= 0.3 is 0 Å². The van der Waals surface area contributed by atoms with Crippen molar-refractivity contribution in [1.82, 2.24) is 14.4 Å². The zero-order valence-corrected chi connectivity index (χ0v) is 22.4. The van der Waals surface area contributed by atoms with Gasteiger partial charge in [0.15, 0.2) is 11.4 Å². The number of aromatic nitrogens is 1. The highest BCUT2D eigenvalue weighted by atomic mass is 79.9. The Kier molecular flexibility index (Phi) is 8.14. The van der Waals surface area contributed by atoms with Crippen LogP contribution in [0.4, 0.5) is 4.39 Å². The number of hydrogen-bond acceptors (Lipinski definition) is 4. The van der Waals surface area contributed by atoms with Gasteiger partial charge in [0.25, 0.3) is 11.8 Å². The molecule has 1 aromatic heterocycles. The number of amides is 2. The van der Waals surface area contributed by atoms with Crippen LogP contribution in [0.15, 0.2) is 70.5 Å². The van der Waals surface area contributed by atoms with Gasteiger partial charge < -0.3 is 19.1 Å². The van der Waals surface area contributed by atoms with E-state index < -0.39 is 23.1 Å². The van der Waals surface area contributed by atoms with Gasteiger partial charge in [0.2, 0.25) is 5.43 Å². The normalized spacial score (nSPS) is 12.8. The molecule has 192 valence electrons. The Morgan fingerprint density at radius 2 is 1.92 bits per heavy atom. The Morgan fingerprint density at radius 3 is 2.59 bits per heavy atom. The summed E-state index contributed by atoms with van der Waals surface area (Å²) in [6, 6.07) is 13.5. The summed E-state index contributed by atoms with van der Waals surface area (Å²) >= 11 is 9.22. The summed E-state index contributed by atoms with van der Waals surface area (Å²) in [5.74, 6) is -1.63. The van der Waals surface area contributed by atoms with Crippen LogP contribution in [0.1, 0.15) is 32.1 Å². The number of pyridine rings is 1. The summed E-state index contributed by atoms with van der Waals surface area (Å²) in [4.78, 5) is 43.4. The molecule has 0 spiro atoms. The highest BCUT2D eigenvalue weighted by molar-refractivity contribution is 9.10.